The molecule has 1 aromatic carbocycles. The quantitative estimate of drug-likeness (QED) is 0.579. The van der Waals surface area contributed by atoms with Gasteiger partial charge in [0.05, 0.1) is 0 Å². The normalized spacial score (nSPS) is 14.7. The molecule has 1 amide bonds. The number of fused-ring (bicyclic) bond motifs is 1. The molecule has 0 atom stereocenters. The van der Waals surface area contributed by atoms with Crippen molar-refractivity contribution in [2.45, 2.75) is 33.6 Å². The maximum atomic E-state index is 13.5. The van der Waals surface area contributed by atoms with Gasteiger partial charge in [-0.3, -0.25) is 28.7 Å². The molecular formula is C23H22N4O5. The molecule has 0 bridgehead atoms. The predicted octanol–water partition coefficient (Wildman–Crippen LogP) is 1.93. The Morgan fingerprint density at radius 3 is 2.41 bits per heavy atom. The zero-order valence-corrected chi connectivity index (χ0v) is 17.9. The average molecular weight is 434 g/mol. The molecule has 0 spiro atoms. The molecule has 0 radical (unpaired) electrons. The summed E-state index contributed by atoms with van der Waals surface area (Å²) < 4.78 is 1.40. The molecule has 3 N–H and O–H groups in total. The lowest BCUT2D eigenvalue weighted by molar-refractivity contribution is 0.0909. The first-order valence-corrected chi connectivity index (χ1v) is 10.1. The molecule has 3 aromatic rings. The van der Waals surface area contributed by atoms with Crippen molar-refractivity contribution in [3.05, 3.63) is 90.1 Å². The van der Waals surface area contributed by atoms with E-state index in [1.807, 2.05) is 37.9 Å². The van der Waals surface area contributed by atoms with Crippen LogP contribution >= 0.6 is 0 Å². The smallest absolute Gasteiger partial charge is 0.316 e. The number of nitrogens with zero attached hydrogens (tertiary/aromatic N) is 1. The first kappa shape index (κ1) is 21.2. The standard InChI is InChI=1S/C23H22N4O5/c1-12-4-6-13(7-5-12)27-17-9-23(2,3)10-18(28)14(17)8-15(21(27)31)19(29)25-16-11-24-22(32)26-20(16)30/h4-8,11H,9-10H2,1-3H3,(H,25,29)(H2,24,26,30,32). The van der Waals surface area contributed by atoms with Gasteiger partial charge in [0.1, 0.15) is 11.3 Å². The summed E-state index contributed by atoms with van der Waals surface area (Å²) in [5, 5.41) is 2.34. The van der Waals surface area contributed by atoms with Crippen molar-refractivity contribution in [1.29, 1.82) is 0 Å². The van der Waals surface area contributed by atoms with Gasteiger partial charge in [-0.15, -0.1) is 0 Å². The number of nitrogens with one attached hydrogen (secondary N) is 3. The van der Waals surface area contributed by atoms with Gasteiger partial charge in [0.25, 0.3) is 17.0 Å². The molecule has 2 aromatic heterocycles. The third-order valence-corrected chi connectivity index (χ3v) is 5.49. The summed E-state index contributed by atoms with van der Waals surface area (Å²) in [5.74, 6) is -1.01. The number of anilines is 1. The van der Waals surface area contributed by atoms with E-state index < -0.39 is 22.7 Å². The Labute approximate surface area is 182 Å². The Kier molecular flexibility index (Phi) is 5.04. The Bertz CT molecular complexity index is 1420. The van der Waals surface area contributed by atoms with E-state index in [1.54, 1.807) is 12.1 Å². The number of hydrogen-bond donors (Lipinski definition) is 3. The largest absolute Gasteiger partial charge is 0.325 e. The fourth-order valence-corrected chi connectivity index (χ4v) is 3.94. The van der Waals surface area contributed by atoms with Gasteiger partial charge >= 0.3 is 5.69 Å². The number of ketones is 1. The van der Waals surface area contributed by atoms with Crippen LogP contribution in [0, 0.1) is 12.3 Å². The van der Waals surface area contributed by atoms with E-state index in [4.69, 9.17) is 0 Å². The lowest BCUT2D eigenvalue weighted by Gasteiger charge is -2.32. The van der Waals surface area contributed by atoms with Crippen LogP contribution in [0.5, 0.6) is 0 Å². The number of hydrogen-bond acceptors (Lipinski definition) is 5. The van der Waals surface area contributed by atoms with Gasteiger partial charge in [0.15, 0.2) is 5.78 Å². The number of aromatic nitrogens is 3. The highest BCUT2D eigenvalue weighted by Gasteiger charge is 2.35. The highest BCUT2D eigenvalue weighted by molar-refractivity contribution is 6.06. The third kappa shape index (κ3) is 3.84. The Hall–Kier alpha value is -4.01. The lowest BCUT2D eigenvalue weighted by atomic mass is 9.75. The van der Waals surface area contributed by atoms with Crippen molar-refractivity contribution in [3.8, 4) is 5.69 Å². The number of carbonyl (C=O) groups is 2. The molecule has 0 saturated carbocycles. The molecule has 0 unspecified atom stereocenters. The number of rotatable bonds is 3. The Morgan fingerprint density at radius 1 is 1.06 bits per heavy atom. The lowest BCUT2D eigenvalue weighted by Crippen LogP contribution is -2.38. The van der Waals surface area contributed by atoms with Crippen molar-refractivity contribution in [2.75, 3.05) is 5.32 Å². The fourth-order valence-electron chi connectivity index (χ4n) is 3.94. The Morgan fingerprint density at radius 2 is 1.75 bits per heavy atom. The summed E-state index contributed by atoms with van der Waals surface area (Å²) in [5.41, 5.74) is -0.564. The van der Waals surface area contributed by atoms with Crippen LogP contribution in [0.1, 0.15) is 52.2 Å². The number of pyridine rings is 1. The summed E-state index contributed by atoms with van der Waals surface area (Å²) in [6.07, 6.45) is 1.81. The summed E-state index contributed by atoms with van der Waals surface area (Å²) in [4.78, 5) is 66.8. The minimum absolute atomic E-state index is 0.159. The number of benzene rings is 1. The summed E-state index contributed by atoms with van der Waals surface area (Å²) in [7, 11) is 0. The molecule has 9 heteroatoms. The van der Waals surface area contributed by atoms with E-state index in [0.717, 1.165) is 11.8 Å². The molecular weight excluding hydrogens is 412 g/mol. The molecule has 9 nitrogen and oxygen atoms in total. The first-order chi connectivity index (χ1) is 15.1. The second kappa shape index (κ2) is 7.60. The summed E-state index contributed by atoms with van der Waals surface area (Å²) >= 11 is 0. The van der Waals surface area contributed by atoms with Crippen LogP contribution in [-0.4, -0.2) is 26.2 Å². The van der Waals surface area contributed by atoms with Gasteiger partial charge in [0, 0.05) is 29.6 Å². The van der Waals surface area contributed by atoms with E-state index in [2.05, 4.69) is 10.3 Å². The maximum absolute atomic E-state index is 13.5. The monoisotopic (exact) mass is 434 g/mol. The number of H-pyrrole nitrogens is 2. The second-order valence-corrected chi connectivity index (χ2v) is 8.78. The minimum Gasteiger partial charge on any atom is -0.316 e. The van der Waals surface area contributed by atoms with Crippen molar-refractivity contribution < 1.29 is 9.59 Å². The van der Waals surface area contributed by atoms with Gasteiger partial charge in [0.2, 0.25) is 0 Å². The molecule has 0 fully saturated rings. The number of Topliss-reactive ketones (excluding diaryl/α,β-unsaturated/α-hetero) is 1. The molecule has 0 saturated heterocycles. The van der Waals surface area contributed by atoms with Crippen LogP contribution < -0.4 is 22.1 Å². The van der Waals surface area contributed by atoms with Crippen LogP contribution in [0.3, 0.4) is 0 Å². The number of amides is 1. The molecule has 2 heterocycles. The van der Waals surface area contributed by atoms with Gasteiger partial charge < -0.3 is 10.3 Å². The van der Waals surface area contributed by atoms with Gasteiger partial charge in [-0.1, -0.05) is 31.5 Å². The minimum atomic E-state index is -0.853. The van der Waals surface area contributed by atoms with E-state index in [-0.39, 0.29) is 28.9 Å². The van der Waals surface area contributed by atoms with E-state index in [1.165, 1.54) is 10.6 Å². The van der Waals surface area contributed by atoms with E-state index in [0.29, 0.717) is 23.4 Å². The highest BCUT2D eigenvalue weighted by atomic mass is 16.2. The van der Waals surface area contributed by atoms with E-state index in [9.17, 15) is 24.0 Å². The van der Waals surface area contributed by atoms with Gasteiger partial charge in [-0.05, 0) is 37.0 Å². The molecule has 1 aliphatic rings. The number of aryl methyl sites for hydroxylation is 1. The van der Waals surface area contributed by atoms with Crippen LogP contribution in [0.15, 0.2) is 50.9 Å². The van der Waals surface area contributed by atoms with Gasteiger partial charge in [-0.25, -0.2) is 4.79 Å². The van der Waals surface area contributed by atoms with Crippen LogP contribution in [-0.2, 0) is 6.42 Å². The summed E-state index contributed by atoms with van der Waals surface area (Å²) in [6.45, 7) is 5.84. The van der Waals surface area contributed by atoms with Crippen molar-refractivity contribution in [2.24, 2.45) is 5.41 Å². The molecule has 1 aliphatic carbocycles. The van der Waals surface area contributed by atoms with Crippen LogP contribution in [0.25, 0.3) is 5.69 Å². The molecule has 164 valence electrons. The van der Waals surface area contributed by atoms with Crippen molar-refractivity contribution in [1.82, 2.24) is 14.5 Å². The molecule has 32 heavy (non-hydrogen) atoms. The van der Waals surface area contributed by atoms with Crippen molar-refractivity contribution in [3.63, 3.8) is 0 Å². The molecule has 4 rings (SSSR count). The first-order valence-electron chi connectivity index (χ1n) is 10.1. The predicted molar refractivity (Wildman–Crippen MR) is 119 cm³/mol. The topological polar surface area (TPSA) is 134 Å². The third-order valence-electron chi connectivity index (χ3n) is 5.49. The zero-order chi connectivity index (χ0) is 23.2. The number of aromatic amines is 2. The SMILES string of the molecule is Cc1ccc(-n2c3c(cc(C(=O)Nc4c[nH]c(=O)[nH]c4=O)c2=O)C(=O)CC(C)(C)C3)cc1. The highest BCUT2D eigenvalue weighted by Crippen LogP contribution is 2.35. The second-order valence-electron chi connectivity index (χ2n) is 8.78. The van der Waals surface area contributed by atoms with Crippen molar-refractivity contribution >= 4 is 17.4 Å². The maximum Gasteiger partial charge on any atom is 0.325 e. The van der Waals surface area contributed by atoms with E-state index >= 15 is 0 Å². The Balaban J connectivity index is 1.91. The zero-order valence-electron chi connectivity index (χ0n) is 17.9. The average Bonchev–Trinajstić information content (AvgIpc) is 2.70. The fraction of sp³-hybridized carbons (Fsp3) is 0.261. The van der Waals surface area contributed by atoms with Crippen LogP contribution in [0.4, 0.5) is 5.69 Å². The van der Waals surface area contributed by atoms with Crippen LogP contribution in [0.2, 0.25) is 0 Å². The number of carbonyl (C=O) groups excluding carboxylic acids is 2. The van der Waals surface area contributed by atoms with Gasteiger partial charge in [-0.2, -0.15) is 0 Å². The molecule has 0 aliphatic heterocycles. The summed E-state index contributed by atoms with van der Waals surface area (Å²) in [6, 6.07) is 8.51.